The van der Waals surface area contributed by atoms with Crippen molar-refractivity contribution < 1.29 is 4.79 Å². The van der Waals surface area contributed by atoms with Gasteiger partial charge in [-0.05, 0) is 39.3 Å². The van der Waals surface area contributed by atoms with E-state index in [1.54, 1.807) is 6.07 Å². The number of carbonyl (C=O) groups is 1. The average Bonchev–Trinajstić information content (AvgIpc) is 3.20. The summed E-state index contributed by atoms with van der Waals surface area (Å²) in [7, 11) is 0. The van der Waals surface area contributed by atoms with E-state index in [0.717, 1.165) is 26.1 Å². The minimum absolute atomic E-state index is 0.00657. The molecule has 1 atom stereocenters. The molecule has 10 nitrogen and oxygen atoms in total. The van der Waals surface area contributed by atoms with Crippen molar-refractivity contribution in [1.29, 1.82) is 5.26 Å². The van der Waals surface area contributed by atoms with Crippen LogP contribution in [0.1, 0.15) is 36.5 Å². The molecule has 1 fully saturated rings. The Balaban J connectivity index is 1.79. The molecule has 3 rings (SSSR count). The molecule has 0 radical (unpaired) electrons. The number of amides is 1. The van der Waals surface area contributed by atoms with E-state index in [9.17, 15) is 4.79 Å². The molecular weight excluding hydrogens is 358 g/mol. The van der Waals surface area contributed by atoms with Gasteiger partial charge < -0.3 is 21.3 Å². The number of hydrogen-bond donors (Lipinski definition) is 4. The van der Waals surface area contributed by atoms with Crippen molar-refractivity contribution >= 4 is 23.2 Å². The molecule has 10 heteroatoms. The van der Waals surface area contributed by atoms with Crippen molar-refractivity contribution in [2.24, 2.45) is 5.92 Å². The van der Waals surface area contributed by atoms with Crippen LogP contribution in [0.5, 0.6) is 0 Å². The van der Waals surface area contributed by atoms with Crippen molar-refractivity contribution in [3.05, 3.63) is 29.8 Å². The van der Waals surface area contributed by atoms with Gasteiger partial charge in [0.2, 0.25) is 0 Å². The summed E-state index contributed by atoms with van der Waals surface area (Å²) in [5.41, 5.74) is 1.07. The van der Waals surface area contributed by atoms with Crippen LogP contribution in [-0.4, -0.2) is 51.7 Å². The number of carbonyl (C=O) groups excluding carboxylic acids is 1. The standard InChI is InChI=1S/C18H23N9O/c1-11(2)24-18(28)17-14(22-8-12-3-4-20-7-12)5-15(26-27-17)25-16-10-21-13(6-19)9-23-16/h5,9-12,20H,3-4,7-8H2,1-2H3,(H,24,28)(H2,22,23,25,26). The quantitative estimate of drug-likeness (QED) is 0.553. The molecule has 1 unspecified atom stereocenters. The zero-order valence-corrected chi connectivity index (χ0v) is 15.9. The number of nitrogens with zero attached hydrogens (tertiary/aromatic N) is 5. The van der Waals surface area contributed by atoms with Gasteiger partial charge in [0.25, 0.3) is 5.91 Å². The smallest absolute Gasteiger partial charge is 0.274 e. The first-order chi connectivity index (χ1) is 13.5. The second kappa shape index (κ2) is 9.05. The second-order valence-electron chi connectivity index (χ2n) is 6.88. The lowest BCUT2D eigenvalue weighted by Gasteiger charge is -2.16. The molecule has 0 spiro atoms. The largest absolute Gasteiger partial charge is 0.383 e. The highest BCUT2D eigenvalue weighted by atomic mass is 16.2. The number of rotatable bonds is 7. The number of aromatic nitrogens is 4. The Morgan fingerprint density at radius 1 is 1.32 bits per heavy atom. The van der Waals surface area contributed by atoms with Crippen molar-refractivity contribution in [2.45, 2.75) is 26.3 Å². The molecule has 0 bridgehead atoms. The van der Waals surface area contributed by atoms with E-state index >= 15 is 0 Å². The number of nitriles is 1. The molecule has 0 aliphatic carbocycles. The molecule has 3 heterocycles. The van der Waals surface area contributed by atoms with Gasteiger partial charge in [-0.3, -0.25) is 4.79 Å². The van der Waals surface area contributed by atoms with E-state index in [1.807, 2.05) is 19.9 Å². The Hall–Kier alpha value is -3.32. The van der Waals surface area contributed by atoms with E-state index in [0.29, 0.717) is 23.2 Å². The fraction of sp³-hybridized carbons (Fsp3) is 0.444. The third kappa shape index (κ3) is 5.11. The summed E-state index contributed by atoms with van der Waals surface area (Å²) in [5, 5.41) is 29.5. The zero-order chi connectivity index (χ0) is 19.9. The summed E-state index contributed by atoms with van der Waals surface area (Å²) in [6.07, 6.45) is 3.90. The Labute approximate surface area is 163 Å². The molecule has 1 aliphatic rings. The summed E-state index contributed by atoms with van der Waals surface area (Å²) < 4.78 is 0. The molecular formula is C18H23N9O. The molecule has 2 aromatic heterocycles. The van der Waals surface area contributed by atoms with E-state index in [2.05, 4.69) is 41.4 Å². The van der Waals surface area contributed by atoms with Crippen LogP contribution < -0.4 is 21.3 Å². The van der Waals surface area contributed by atoms with Gasteiger partial charge in [-0.25, -0.2) is 9.97 Å². The van der Waals surface area contributed by atoms with Crippen LogP contribution in [-0.2, 0) is 0 Å². The third-order valence-electron chi connectivity index (χ3n) is 4.19. The lowest BCUT2D eigenvalue weighted by molar-refractivity contribution is 0.0938. The van der Waals surface area contributed by atoms with E-state index in [-0.39, 0.29) is 23.3 Å². The average molecular weight is 381 g/mol. The highest BCUT2D eigenvalue weighted by Gasteiger charge is 2.19. The molecule has 0 aromatic carbocycles. The highest BCUT2D eigenvalue weighted by molar-refractivity contribution is 5.98. The van der Waals surface area contributed by atoms with Crippen molar-refractivity contribution in [3.8, 4) is 6.07 Å². The molecule has 28 heavy (non-hydrogen) atoms. The molecule has 1 amide bonds. The zero-order valence-electron chi connectivity index (χ0n) is 15.9. The van der Waals surface area contributed by atoms with Crippen LogP contribution in [0, 0.1) is 17.2 Å². The van der Waals surface area contributed by atoms with Crippen LogP contribution in [0.4, 0.5) is 17.3 Å². The summed E-state index contributed by atoms with van der Waals surface area (Å²) >= 11 is 0. The first-order valence-corrected chi connectivity index (χ1v) is 9.17. The molecule has 146 valence electrons. The lowest BCUT2D eigenvalue weighted by Crippen LogP contribution is -2.32. The fourth-order valence-electron chi connectivity index (χ4n) is 2.81. The van der Waals surface area contributed by atoms with Gasteiger partial charge in [-0.1, -0.05) is 0 Å². The van der Waals surface area contributed by atoms with Gasteiger partial charge in [-0.2, -0.15) is 5.26 Å². The Kier molecular flexibility index (Phi) is 6.29. The van der Waals surface area contributed by atoms with Crippen LogP contribution >= 0.6 is 0 Å². The molecule has 4 N–H and O–H groups in total. The predicted molar refractivity (Wildman–Crippen MR) is 104 cm³/mol. The first-order valence-electron chi connectivity index (χ1n) is 9.17. The molecule has 1 saturated heterocycles. The third-order valence-corrected chi connectivity index (χ3v) is 4.19. The minimum atomic E-state index is -0.278. The van der Waals surface area contributed by atoms with Crippen LogP contribution in [0.25, 0.3) is 0 Å². The van der Waals surface area contributed by atoms with E-state index < -0.39 is 0 Å². The molecule has 1 aliphatic heterocycles. The van der Waals surface area contributed by atoms with Crippen LogP contribution in [0.15, 0.2) is 18.5 Å². The van der Waals surface area contributed by atoms with Gasteiger partial charge in [0.15, 0.2) is 17.2 Å². The van der Waals surface area contributed by atoms with E-state index in [1.165, 1.54) is 12.4 Å². The monoisotopic (exact) mass is 381 g/mol. The maximum atomic E-state index is 12.5. The Morgan fingerprint density at radius 3 is 2.82 bits per heavy atom. The van der Waals surface area contributed by atoms with Gasteiger partial charge in [0, 0.05) is 18.7 Å². The van der Waals surface area contributed by atoms with Gasteiger partial charge in [0.05, 0.1) is 18.1 Å². The summed E-state index contributed by atoms with van der Waals surface area (Å²) in [5.74, 6) is 1.07. The lowest BCUT2D eigenvalue weighted by atomic mass is 10.1. The fourth-order valence-corrected chi connectivity index (χ4v) is 2.81. The van der Waals surface area contributed by atoms with Crippen molar-refractivity contribution in [2.75, 3.05) is 30.3 Å². The Bertz CT molecular complexity index is 854. The van der Waals surface area contributed by atoms with Gasteiger partial charge in [0.1, 0.15) is 11.9 Å². The molecule has 0 saturated carbocycles. The second-order valence-corrected chi connectivity index (χ2v) is 6.88. The number of hydrogen-bond acceptors (Lipinski definition) is 9. The number of anilines is 3. The summed E-state index contributed by atoms with van der Waals surface area (Å²) in [6, 6.07) is 3.64. The van der Waals surface area contributed by atoms with Crippen molar-refractivity contribution in [1.82, 2.24) is 30.8 Å². The minimum Gasteiger partial charge on any atom is -0.383 e. The van der Waals surface area contributed by atoms with E-state index in [4.69, 9.17) is 5.26 Å². The summed E-state index contributed by atoms with van der Waals surface area (Å²) in [4.78, 5) is 20.5. The SMILES string of the molecule is CC(C)NC(=O)c1nnc(Nc2cnc(C#N)cn2)cc1NCC1CCNC1. The normalized spacial score (nSPS) is 15.9. The maximum absolute atomic E-state index is 12.5. The number of nitrogens with one attached hydrogen (secondary N) is 4. The maximum Gasteiger partial charge on any atom is 0.274 e. The topological polar surface area (TPSA) is 141 Å². The first kappa shape index (κ1) is 19.4. The van der Waals surface area contributed by atoms with Gasteiger partial charge in [-0.15, -0.1) is 10.2 Å². The molecule has 2 aromatic rings. The van der Waals surface area contributed by atoms with Crippen LogP contribution in [0.3, 0.4) is 0 Å². The van der Waals surface area contributed by atoms with Crippen LogP contribution in [0.2, 0.25) is 0 Å². The van der Waals surface area contributed by atoms with Crippen molar-refractivity contribution in [3.63, 3.8) is 0 Å². The van der Waals surface area contributed by atoms with Gasteiger partial charge >= 0.3 is 0 Å². The summed E-state index contributed by atoms with van der Waals surface area (Å²) in [6.45, 7) is 6.47. The highest BCUT2D eigenvalue weighted by Crippen LogP contribution is 2.20. The Morgan fingerprint density at radius 2 is 2.18 bits per heavy atom. The predicted octanol–water partition coefficient (Wildman–Crippen LogP) is 1.04.